The van der Waals surface area contributed by atoms with Gasteiger partial charge in [-0.3, -0.25) is 4.57 Å². The molecule has 4 nitrogen and oxygen atoms in total. The fourth-order valence-electron chi connectivity index (χ4n) is 0.971. The van der Waals surface area contributed by atoms with Gasteiger partial charge in [0.15, 0.2) is 0 Å². The van der Waals surface area contributed by atoms with Crippen LogP contribution < -0.4 is 10.2 Å². The molecule has 1 rings (SSSR count). The Morgan fingerprint density at radius 1 is 1.54 bits per heavy atom. The molecule has 1 aliphatic heterocycles. The lowest BCUT2D eigenvalue weighted by molar-refractivity contribution is 0.267. The number of nitrogens with one attached hydrogen (secondary N) is 2. The maximum atomic E-state index is 11.8. The fourth-order valence-corrected chi connectivity index (χ4v) is 3.43. The smallest absolute Gasteiger partial charge is 0.306 e. The number of hydrogen-bond acceptors (Lipinski definition) is 2. The van der Waals surface area contributed by atoms with Crippen LogP contribution in [0.2, 0.25) is 0 Å². The van der Waals surface area contributed by atoms with Crippen LogP contribution in [-0.4, -0.2) is 31.0 Å². The molecule has 13 heavy (non-hydrogen) atoms. The highest BCUT2D eigenvalue weighted by molar-refractivity contribution is 7.54. The minimum absolute atomic E-state index is 0.181. The summed E-state index contributed by atoms with van der Waals surface area (Å²) in [5, 5.41) is 5.59. The summed E-state index contributed by atoms with van der Waals surface area (Å²) in [7, 11) is -2.87. The first-order valence-corrected chi connectivity index (χ1v) is 6.79. The van der Waals surface area contributed by atoms with Gasteiger partial charge in [0.05, 0.1) is 6.61 Å². The predicted molar refractivity (Wildman–Crippen MR) is 54.5 cm³/mol. The number of halogens is 2. The number of hydrogen-bond donors (Lipinski definition) is 2. The van der Waals surface area contributed by atoms with Crippen LogP contribution in [0.3, 0.4) is 0 Å². The summed E-state index contributed by atoms with van der Waals surface area (Å²) < 4.78 is 16.9. The minimum atomic E-state index is -2.87. The standard InChI is InChI=1S/C6H13Cl2N2O2P/c7-4-6(5-8)10-13(11)9-2-1-3-12-13/h6H,1-5H2,(H2,9,10,11). The average molecular weight is 247 g/mol. The van der Waals surface area contributed by atoms with E-state index in [9.17, 15) is 4.57 Å². The molecule has 0 aromatic carbocycles. The first-order chi connectivity index (χ1) is 6.20. The van der Waals surface area contributed by atoms with Crippen molar-refractivity contribution >= 4 is 30.9 Å². The van der Waals surface area contributed by atoms with Gasteiger partial charge in [-0.1, -0.05) is 0 Å². The lowest BCUT2D eigenvalue weighted by atomic mass is 10.4. The van der Waals surface area contributed by atoms with Crippen molar-refractivity contribution in [3.05, 3.63) is 0 Å². The van der Waals surface area contributed by atoms with Crippen molar-refractivity contribution in [2.24, 2.45) is 0 Å². The van der Waals surface area contributed by atoms with E-state index in [1.165, 1.54) is 0 Å². The average Bonchev–Trinajstić information content (AvgIpc) is 2.15. The molecule has 0 aromatic heterocycles. The Labute approximate surface area is 87.9 Å². The van der Waals surface area contributed by atoms with Crippen LogP contribution in [0.1, 0.15) is 6.42 Å². The van der Waals surface area contributed by atoms with Crippen LogP contribution in [-0.2, 0) is 9.09 Å². The third kappa shape index (κ3) is 3.74. The van der Waals surface area contributed by atoms with Crippen molar-refractivity contribution in [3.63, 3.8) is 0 Å². The van der Waals surface area contributed by atoms with E-state index >= 15 is 0 Å². The van der Waals surface area contributed by atoms with E-state index < -0.39 is 7.67 Å². The lowest BCUT2D eigenvalue weighted by Gasteiger charge is -2.27. The van der Waals surface area contributed by atoms with Gasteiger partial charge in [0.1, 0.15) is 0 Å². The molecule has 0 bridgehead atoms. The highest BCUT2D eigenvalue weighted by Crippen LogP contribution is 2.40. The second-order valence-corrected chi connectivity index (χ2v) is 5.33. The zero-order chi connectivity index (χ0) is 9.73. The maximum Gasteiger partial charge on any atom is 0.341 e. The first kappa shape index (κ1) is 11.8. The molecule has 0 radical (unpaired) electrons. The van der Waals surface area contributed by atoms with Crippen LogP contribution in [0, 0.1) is 0 Å². The quantitative estimate of drug-likeness (QED) is 0.584. The molecule has 0 amide bonds. The van der Waals surface area contributed by atoms with Crippen molar-refractivity contribution in [1.82, 2.24) is 10.2 Å². The van der Waals surface area contributed by atoms with Gasteiger partial charge in [0.25, 0.3) is 0 Å². The third-order valence-corrected chi connectivity index (χ3v) is 4.28. The Balaban J connectivity index is 2.44. The van der Waals surface area contributed by atoms with Gasteiger partial charge in [0, 0.05) is 24.3 Å². The van der Waals surface area contributed by atoms with Crippen molar-refractivity contribution in [1.29, 1.82) is 0 Å². The summed E-state index contributed by atoms with van der Waals surface area (Å²) in [5.74, 6) is 0.636. The van der Waals surface area contributed by atoms with Crippen molar-refractivity contribution in [3.8, 4) is 0 Å². The molecule has 1 aliphatic rings. The zero-order valence-electron chi connectivity index (χ0n) is 7.13. The normalized spacial score (nSPS) is 29.5. The van der Waals surface area contributed by atoms with Crippen LogP contribution in [0.4, 0.5) is 0 Å². The van der Waals surface area contributed by atoms with Gasteiger partial charge in [-0.2, -0.15) is 0 Å². The molecule has 7 heteroatoms. The third-order valence-electron chi connectivity index (χ3n) is 1.64. The van der Waals surface area contributed by atoms with E-state index in [1.54, 1.807) is 0 Å². The van der Waals surface area contributed by atoms with Crippen LogP contribution >= 0.6 is 30.9 Å². The molecular weight excluding hydrogens is 234 g/mol. The maximum absolute atomic E-state index is 11.8. The largest absolute Gasteiger partial charge is 0.341 e. The van der Waals surface area contributed by atoms with Gasteiger partial charge in [0.2, 0.25) is 0 Å². The Hall–Kier alpha value is 0.690. The van der Waals surface area contributed by atoms with Crippen LogP contribution in [0.15, 0.2) is 0 Å². The molecule has 0 spiro atoms. The predicted octanol–water partition coefficient (Wildman–Crippen LogP) is 1.54. The molecule has 1 saturated heterocycles. The highest BCUT2D eigenvalue weighted by Gasteiger charge is 2.28. The van der Waals surface area contributed by atoms with Crippen molar-refractivity contribution in [2.45, 2.75) is 12.5 Å². The van der Waals surface area contributed by atoms with Gasteiger partial charge in [-0.05, 0) is 6.42 Å². The van der Waals surface area contributed by atoms with Gasteiger partial charge in [-0.15, -0.1) is 23.2 Å². The van der Waals surface area contributed by atoms with Gasteiger partial charge in [-0.25, -0.2) is 10.2 Å². The SMILES string of the molecule is O=P1(NC(CCl)CCl)NCCCO1. The number of alkyl halides is 2. The lowest BCUT2D eigenvalue weighted by Crippen LogP contribution is -2.37. The molecule has 2 N–H and O–H groups in total. The second kappa shape index (κ2) is 5.54. The Bertz CT molecular complexity index is 191. The first-order valence-electron chi connectivity index (χ1n) is 4.09. The molecule has 0 saturated carbocycles. The zero-order valence-corrected chi connectivity index (χ0v) is 9.54. The molecule has 1 fully saturated rings. The summed E-state index contributed by atoms with van der Waals surface area (Å²) in [6, 6.07) is -0.181. The van der Waals surface area contributed by atoms with E-state index in [4.69, 9.17) is 27.7 Å². The second-order valence-electron chi connectivity index (χ2n) is 2.78. The summed E-state index contributed by atoms with van der Waals surface area (Å²) in [5.41, 5.74) is 0. The Morgan fingerprint density at radius 3 is 2.69 bits per heavy atom. The van der Waals surface area contributed by atoms with Gasteiger partial charge < -0.3 is 4.52 Å². The minimum Gasteiger partial charge on any atom is -0.306 e. The summed E-state index contributed by atoms with van der Waals surface area (Å²) in [6.07, 6.45) is 0.873. The van der Waals surface area contributed by atoms with Crippen molar-refractivity contribution < 1.29 is 9.09 Å². The fraction of sp³-hybridized carbons (Fsp3) is 1.00. The monoisotopic (exact) mass is 246 g/mol. The van der Waals surface area contributed by atoms with E-state index in [1.807, 2.05) is 0 Å². The van der Waals surface area contributed by atoms with Crippen LogP contribution in [0.5, 0.6) is 0 Å². The molecule has 78 valence electrons. The summed E-state index contributed by atoms with van der Waals surface area (Å²) in [4.78, 5) is 0. The molecule has 1 unspecified atom stereocenters. The van der Waals surface area contributed by atoms with Crippen molar-refractivity contribution in [2.75, 3.05) is 24.9 Å². The van der Waals surface area contributed by atoms with E-state index in [-0.39, 0.29) is 6.04 Å². The molecular formula is C6H13Cl2N2O2P. The summed E-state index contributed by atoms with van der Waals surface area (Å²) >= 11 is 11.2. The number of rotatable bonds is 4. The molecule has 0 aromatic rings. The molecule has 1 atom stereocenters. The van der Waals surface area contributed by atoms with E-state index in [2.05, 4.69) is 10.2 Å². The topological polar surface area (TPSA) is 50.4 Å². The van der Waals surface area contributed by atoms with E-state index in [0.29, 0.717) is 24.9 Å². The van der Waals surface area contributed by atoms with E-state index in [0.717, 1.165) is 6.42 Å². The molecule has 1 heterocycles. The Morgan fingerprint density at radius 2 is 2.23 bits per heavy atom. The highest BCUT2D eigenvalue weighted by atomic mass is 35.5. The molecule has 0 aliphatic carbocycles. The Kier molecular flexibility index (Phi) is 5.01. The van der Waals surface area contributed by atoms with Gasteiger partial charge >= 0.3 is 7.67 Å². The van der Waals surface area contributed by atoms with Crippen LogP contribution in [0.25, 0.3) is 0 Å². The summed E-state index contributed by atoms with van der Waals surface area (Å²) in [6.45, 7) is 1.20.